The second kappa shape index (κ2) is 4.73. The Morgan fingerprint density at radius 3 is 3.17 bits per heavy atom. The van der Waals surface area contributed by atoms with Crippen molar-refractivity contribution in [3.63, 3.8) is 0 Å². The predicted molar refractivity (Wildman–Crippen MR) is 74.6 cm³/mol. The molecule has 1 N–H and O–H groups in total. The van der Waals surface area contributed by atoms with E-state index in [9.17, 15) is 0 Å². The molecule has 3 rings (SSSR count). The molecule has 3 heterocycles. The van der Waals surface area contributed by atoms with Crippen LogP contribution in [0.1, 0.15) is 25.8 Å². The first kappa shape index (κ1) is 11.7. The summed E-state index contributed by atoms with van der Waals surface area (Å²) >= 11 is 0. The smallest absolute Gasteiger partial charge is 0.137 e. The van der Waals surface area contributed by atoms with Crippen molar-refractivity contribution < 1.29 is 0 Å². The third kappa shape index (κ3) is 2.27. The number of nitrogens with zero attached hydrogens (tertiary/aromatic N) is 2. The molecule has 0 spiro atoms. The summed E-state index contributed by atoms with van der Waals surface area (Å²) in [7, 11) is 0. The van der Waals surface area contributed by atoms with Crippen LogP contribution in [-0.2, 0) is 6.42 Å². The zero-order valence-corrected chi connectivity index (χ0v) is 11.2. The second-order valence-corrected chi connectivity index (χ2v) is 5.71. The molecular formula is C15H21N3. The standard InChI is InChI=1S/C15H21N3/c1-11(2)18-6-4-12(10-18)7-13-8-14-3-5-16-15(14)17-9-13/h3,5,8-9,11-12H,4,6-7,10H2,1-2H3,(H,16,17). The van der Waals surface area contributed by atoms with Crippen LogP contribution < -0.4 is 0 Å². The van der Waals surface area contributed by atoms with Gasteiger partial charge in [0.25, 0.3) is 0 Å². The summed E-state index contributed by atoms with van der Waals surface area (Å²) in [5.74, 6) is 0.797. The van der Waals surface area contributed by atoms with Crippen molar-refractivity contribution in [3.8, 4) is 0 Å². The average molecular weight is 243 g/mol. The van der Waals surface area contributed by atoms with Crippen LogP contribution in [-0.4, -0.2) is 34.0 Å². The van der Waals surface area contributed by atoms with Gasteiger partial charge in [0.05, 0.1) is 0 Å². The van der Waals surface area contributed by atoms with Crippen LogP contribution in [0.5, 0.6) is 0 Å². The zero-order valence-electron chi connectivity index (χ0n) is 11.2. The number of aromatic amines is 1. The topological polar surface area (TPSA) is 31.9 Å². The minimum atomic E-state index is 0.681. The highest BCUT2D eigenvalue weighted by Crippen LogP contribution is 2.23. The molecule has 18 heavy (non-hydrogen) atoms. The van der Waals surface area contributed by atoms with E-state index in [1.54, 1.807) is 0 Å². The summed E-state index contributed by atoms with van der Waals surface area (Å²) in [4.78, 5) is 10.2. The molecule has 2 aromatic heterocycles. The maximum absolute atomic E-state index is 4.47. The number of H-pyrrole nitrogens is 1. The van der Waals surface area contributed by atoms with E-state index in [2.05, 4.69) is 40.8 Å². The van der Waals surface area contributed by atoms with Crippen LogP contribution in [0, 0.1) is 5.92 Å². The fourth-order valence-corrected chi connectivity index (χ4v) is 2.93. The van der Waals surface area contributed by atoms with E-state index in [-0.39, 0.29) is 0 Å². The van der Waals surface area contributed by atoms with Crippen molar-refractivity contribution >= 4 is 11.0 Å². The monoisotopic (exact) mass is 243 g/mol. The molecule has 1 atom stereocenters. The number of nitrogens with one attached hydrogen (secondary N) is 1. The molecule has 1 aliphatic heterocycles. The van der Waals surface area contributed by atoms with Gasteiger partial charge in [-0.1, -0.05) is 0 Å². The average Bonchev–Trinajstić information content (AvgIpc) is 2.96. The van der Waals surface area contributed by atoms with E-state index in [1.807, 2.05) is 12.4 Å². The second-order valence-electron chi connectivity index (χ2n) is 5.71. The van der Waals surface area contributed by atoms with Crippen LogP contribution in [0.4, 0.5) is 0 Å². The van der Waals surface area contributed by atoms with Crippen molar-refractivity contribution in [2.75, 3.05) is 13.1 Å². The Morgan fingerprint density at radius 1 is 1.50 bits per heavy atom. The van der Waals surface area contributed by atoms with Crippen molar-refractivity contribution in [3.05, 3.63) is 30.1 Å². The highest BCUT2D eigenvalue weighted by atomic mass is 15.2. The van der Waals surface area contributed by atoms with Gasteiger partial charge in [-0.2, -0.15) is 0 Å². The molecule has 96 valence electrons. The summed E-state index contributed by atoms with van der Waals surface area (Å²) in [5, 5.41) is 1.23. The van der Waals surface area contributed by atoms with Crippen LogP contribution in [0.3, 0.4) is 0 Å². The van der Waals surface area contributed by atoms with E-state index in [0.717, 1.165) is 18.0 Å². The van der Waals surface area contributed by atoms with Gasteiger partial charge in [-0.3, -0.25) is 0 Å². The van der Waals surface area contributed by atoms with Gasteiger partial charge in [0, 0.05) is 30.4 Å². The van der Waals surface area contributed by atoms with Gasteiger partial charge in [0.2, 0.25) is 0 Å². The Labute approximate surface area is 108 Å². The molecule has 0 aliphatic carbocycles. The minimum absolute atomic E-state index is 0.681. The van der Waals surface area contributed by atoms with Crippen LogP contribution >= 0.6 is 0 Å². The largest absolute Gasteiger partial charge is 0.346 e. The summed E-state index contributed by atoms with van der Waals surface area (Å²) in [5.41, 5.74) is 2.37. The third-order valence-corrected chi connectivity index (χ3v) is 4.03. The van der Waals surface area contributed by atoms with Crippen LogP contribution in [0.15, 0.2) is 24.5 Å². The molecule has 3 heteroatoms. The predicted octanol–water partition coefficient (Wildman–Crippen LogP) is 2.84. The lowest BCUT2D eigenvalue weighted by Crippen LogP contribution is -2.28. The van der Waals surface area contributed by atoms with E-state index in [0.29, 0.717) is 6.04 Å². The van der Waals surface area contributed by atoms with Crippen molar-refractivity contribution in [1.29, 1.82) is 0 Å². The molecule has 0 aromatic carbocycles. The third-order valence-electron chi connectivity index (χ3n) is 4.03. The number of fused-ring (bicyclic) bond motifs is 1. The minimum Gasteiger partial charge on any atom is -0.346 e. The van der Waals surface area contributed by atoms with Gasteiger partial charge >= 0.3 is 0 Å². The number of pyridine rings is 1. The molecule has 0 saturated carbocycles. The molecular weight excluding hydrogens is 222 g/mol. The van der Waals surface area contributed by atoms with E-state index in [4.69, 9.17) is 0 Å². The summed E-state index contributed by atoms with van der Waals surface area (Å²) in [6.07, 6.45) is 6.47. The van der Waals surface area contributed by atoms with E-state index in [1.165, 1.54) is 30.5 Å². The maximum Gasteiger partial charge on any atom is 0.137 e. The number of rotatable bonds is 3. The van der Waals surface area contributed by atoms with Crippen molar-refractivity contribution in [1.82, 2.24) is 14.9 Å². The Hall–Kier alpha value is -1.35. The highest BCUT2D eigenvalue weighted by Gasteiger charge is 2.24. The molecule has 3 nitrogen and oxygen atoms in total. The Bertz CT molecular complexity index is 529. The molecule has 1 unspecified atom stereocenters. The molecule has 0 radical (unpaired) electrons. The highest BCUT2D eigenvalue weighted by molar-refractivity contribution is 5.75. The molecule has 0 bridgehead atoms. The summed E-state index contributed by atoms with van der Waals surface area (Å²) in [6, 6.07) is 5.05. The Balaban J connectivity index is 1.69. The first-order valence-corrected chi connectivity index (χ1v) is 6.88. The Kier molecular flexibility index (Phi) is 3.08. The quantitative estimate of drug-likeness (QED) is 0.899. The van der Waals surface area contributed by atoms with Crippen LogP contribution in [0.25, 0.3) is 11.0 Å². The number of aromatic nitrogens is 2. The molecule has 1 aliphatic rings. The SMILES string of the molecule is CC(C)N1CCC(Cc2cnc3[nH]ccc3c2)C1. The van der Waals surface area contributed by atoms with Crippen LogP contribution in [0.2, 0.25) is 0 Å². The van der Waals surface area contributed by atoms with Gasteiger partial charge in [0.15, 0.2) is 0 Å². The Morgan fingerprint density at radius 2 is 2.39 bits per heavy atom. The van der Waals surface area contributed by atoms with Gasteiger partial charge in [-0.15, -0.1) is 0 Å². The van der Waals surface area contributed by atoms with Gasteiger partial charge in [0.1, 0.15) is 5.65 Å². The first-order valence-electron chi connectivity index (χ1n) is 6.88. The fraction of sp³-hybridized carbons (Fsp3) is 0.533. The molecule has 2 aromatic rings. The lowest BCUT2D eigenvalue weighted by Gasteiger charge is -2.20. The van der Waals surface area contributed by atoms with Gasteiger partial charge in [-0.25, -0.2) is 4.98 Å². The number of hydrogen-bond acceptors (Lipinski definition) is 2. The lowest BCUT2D eigenvalue weighted by molar-refractivity contribution is 0.265. The maximum atomic E-state index is 4.47. The fourth-order valence-electron chi connectivity index (χ4n) is 2.93. The lowest BCUT2D eigenvalue weighted by atomic mass is 9.99. The summed E-state index contributed by atoms with van der Waals surface area (Å²) < 4.78 is 0. The molecule has 1 saturated heterocycles. The van der Waals surface area contributed by atoms with E-state index >= 15 is 0 Å². The molecule has 0 amide bonds. The zero-order chi connectivity index (χ0) is 12.5. The number of likely N-dealkylation sites (tertiary alicyclic amines) is 1. The van der Waals surface area contributed by atoms with Gasteiger partial charge in [-0.05, 0) is 56.8 Å². The van der Waals surface area contributed by atoms with E-state index < -0.39 is 0 Å². The first-order chi connectivity index (χ1) is 8.72. The molecule has 1 fully saturated rings. The van der Waals surface area contributed by atoms with Crippen molar-refractivity contribution in [2.45, 2.75) is 32.7 Å². The van der Waals surface area contributed by atoms with Crippen molar-refractivity contribution in [2.24, 2.45) is 5.92 Å². The number of hydrogen-bond donors (Lipinski definition) is 1. The van der Waals surface area contributed by atoms with Gasteiger partial charge < -0.3 is 9.88 Å². The summed E-state index contributed by atoms with van der Waals surface area (Å²) in [6.45, 7) is 7.07. The normalized spacial score (nSPS) is 21.2.